The quantitative estimate of drug-likeness (QED) is 0.662. The molecule has 0 bridgehead atoms. The first kappa shape index (κ1) is 24.7. The number of carboxylic acids is 1. The van der Waals surface area contributed by atoms with E-state index in [-0.39, 0.29) is 12.5 Å². The van der Waals surface area contributed by atoms with Gasteiger partial charge in [-0.2, -0.15) is 18.3 Å². The number of nitrogens with zero attached hydrogens (tertiary/aromatic N) is 4. The fourth-order valence-electron chi connectivity index (χ4n) is 3.80. The smallest absolute Gasteiger partial charge is 0.475 e. The average molecular weight is 474 g/mol. The summed E-state index contributed by atoms with van der Waals surface area (Å²) in [6, 6.07) is 3.83. The molecule has 1 unspecified atom stereocenters. The van der Waals surface area contributed by atoms with Gasteiger partial charge >= 0.3 is 23.3 Å². The minimum absolute atomic E-state index is 0.239. The fraction of sp³-hybridized carbons (Fsp3) is 0.600. The molecule has 0 saturated carbocycles. The Kier molecular flexibility index (Phi) is 7.12. The molecule has 2 aliphatic rings. The number of aromatic nitrogens is 3. The van der Waals surface area contributed by atoms with E-state index in [9.17, 15) is 22.8 Å². The molecule has 1 saturated heterocycles. The van der Waals surface area contributed by atoms with Gasteiger partial charge in [0.05, 0.1) is 19.4 Å². The van der Waals surface area contributed by atoms with Crippen LogP contribution in [0.3, 0.4) is 0 Å². The van der Waals surface area contributed by atoms with E-state index in [4.69, 9.17) is 19.1 Å². The van der Waals surface area contributed by atoms with Crippen LogP contribution in [-0.2, 0) is 35.8 Å². The van der Waals surface area contributed by atoms with Crippen LogP contribution in [0.5, 0.6) is 0 Å². The third-order valence-corrected chi connectivity index (χ3v) is 5.30. The SMILES string of the molecule is CC(C)Cn1nc2n(c(=O)c1=O)CC1(CCN(Cc3ccco3)C1)OC2.O=C(O)C(F)(F)F. The van der Waals surface area contributed by atoms with Crippen LogP contribution in [0.25, 0.3) is 0 Å². The Morgan fingerprint density at radius 3 is 2.55 bits per heavy atom. The summed E-state index contributed by atoms with van der Waals surface area (Å²) in [6.45, 7) is 7.32. The molecule has 2 aliphatic heterocycles. The van der Waals surface area contributed by atoms with E-state index in [1.807, 2.05) is 26.0 Å². The Morgan fingerprint density at radius 1 is 1.27 bits per heavy atom. The minimum Gasteiger partial charge on any atom is -0.475 e. The maximum atomic E-state index is 12.6. The van der Waals surface area contributed by atoms with Gasteiger partial charge in [-0.25, -0.2) is 9.48 Å². The van der Waals surface area contributed by atoms with Gasteiger partial charge in [0.2, 0.25) is 0 Å². The van der Waals surface area contributed by atoms with Crippen molar-refractivity contribution in [3.8, 4) is 0 Å². The Labute approximate surface area is 186 Å². The maximum absolute atomic E-state index is 12.6. The second-order valence-corrected chi connectivity index (χ2v) is 8.50. The summed E-state index contributed by atoms with van der Waals surface area (Å²) in [5.41, 5.74) is -1.49. The number of hydrogen-bond acceptors (Lipinski definition) is 7. The fourth-order valence-corrected chi connectivity index (χ4v) is 3.80. The molecule has 1 atom stereocenters. The molecule has 2 aromatic rings. The van der Waals surface area contributed by atoms with Gasteiger partial charge in [-0.15, -0.1) is 0 Å². The third-order valence-electron chi connectivity index (χ3n) is 5.30. The lowest BCUT2D eigenvalue weighted by Gasteiger charge is -2.35. The Balaban J connectivity index is 0.000000383. The largest absolute Gasteiger partial charge is 0.490 e. The van der Waals surface area contributed by atoms with Crippen LogP contribution in [0.1, 0.15) is 31.9 Å². The molecule has 10 nitrogen and oxygen atoms in total. The molecule has 0 aliphatic carbocycles. The second kappa shape index (κ2) is 9.51. The monoisotopic (exact) mass is 474 g/mol. The zero-order chi connectivity index (χ0) is 24.4. The van der Waals surface area contributed by atoms with Gasteiger partial charge in [-0.05, 0) is 24.5 Å². The number of furan rings is 1. The Bertz CT molecular complexity index is 1090. The lowest BCUT2D eigenvalue weighted by molar-refractivity contribution is -0.192. The normalized spacial score (nSPS) is 20.5. The van der Waals surface area contributed by atoms with Crippen molar-refractivity contribution in [2.75, 3.05) is 13.1 Å². The van der Waals surface area contributed by atoms with Crippen LogP contribution in [0.2, 0.25) is 0 Å². The summed E-state index contributed by atoms with van der Waals surface area (Å²) < 4.78 is 46.1. The zero-order valence-electron chi connectivity index (χ0n) is 18.2. The number of carbonyl (C=O) groups is 1. The molecule has 1 fully saturated rings. The van der Waals surface area contributed by atoms with Crippen molar-refractivity contribution in [1.82, 2.24) is 19.2 Å². The standard InChI is InChI=1S/C18H24N4O4.C2HF3O2/c1-13(2)8-22-17(24)16(23)21-12-18(26-10-15(21)19-22)5-6-20(11-18)9-14-4-3-7-25-14;3-2(4,5)1(6)7/h3-4,7,13H,5-6,8-12H2,1-2H3;(H,6,7). The van der Waals surface area contributed by atoms with Gasteiger partial charge < -0.3 is 14.3 Å². The number of alkyl halides is 3. The van der Waals surface area contributed by atoms with E-state index in [1.165, 1.54) is 9.25 Å². The maximum Gasteiger partial charge on any atom is 0.490 e. The number of rotatable bonds is 4. The van der Waals surface area contributed by atoms with Gasteiger partial charge in [0, 0.05) is 19.6 Å². The van der Waals surface area contributed by atoms with E-state index in [0.717, 1.165) is 18.7 Å². The van der Waals surface area contributed by atoms with Crippen molar-refractivity contribution in [3.63, 3.8) is 0 Å². The lowest BCUT2D eigenvalue weighted by Crippen LogP contribution is -2.53. The van der Waals surface area contributed by atoms with Crippen LogP contribution < -0.4 is 11.1 Å². The molecule has 33 heavy (non-hydrogen) atoms. The molecule has 182 valence electrons. The first-order valence-corrected chi connectivity index (χ1v) is 10.3. The predicted molar refractivity (Wildman–Crippen MR) is 107 cm³/mol. The van der Waals surface area contributed by atoms with Crippen LogP contribution in [0, 0.1) is 5.92 Å². The molecule has 4 rings (SSSR count). The van der Waals surface area contributed by atoms with E-state index >= 15 is 0 Å². The summed E-state index contributed by atoms with van der Waals surface area (Å²) in [5.74, 6) is -1.07. The summed E-state index contributed by atoms with van der Waals surface area (Å²) in [7, 11) is 0. The molecule has 0 amide bonds. The molecule has 1 spiro atoms. The molecular weight excluding hydrogens is 449 g/mol. The van der Waals surface area contributed by atoms with Gasteiger partial charge in [0.1, 0.15) is 18.0 Å². The summed E-state index contributed by atoms with van der Waals surface area (Å²) >= 11 is 0. The van der Waals surface area contributed by atoms with Crippen molar-refractivity contribution >= 4 is 5.97 Å². The number of ether oxygens (including phenoxy) is 1. The lowest BCUT2D eigenvalue weighted by atomic mass is 10.0. The van der Waals surface area contributed by atoms with Crippen molar-refractivity contribution < 1.29 is 32.2 Å². The minimum atomic E-state index is -5.08. The number of aliphatic carboxylic acids is 1. The molecular formula is C20H25F3N4O6. The topological polar surface area (TPSA) is 120 Å². The number of halogens is 3. The highest BCUT2D eigenvalue weighted by Crippen LogP contribution is 2.31. The van der Waals surface area contributed by atoms with E-state index in [0.29, 0.717) is 32.0 Å². The van der Waals surface area contributed by atoms with Crippen LogP contribution in [-0.4, -0.2) is 55.2 Å². The van der Waals surface area contributed by atoms with Crippen LogP contribution in [0.4, 0.5) is 13.2 Å². The Hall–Kier alpha value is -2.93. The van der Waals surface area contributed by atoms with Crippen molar-refractivity contribution in [2.24, 2.45) is 5.92 Å². The van der Waals surface area contributed by atoms with E-state index in [2.05, 4.69) is 10.00 Å². The number of hydrogen-bond donors (Lipinski definition) is 1. The summed E-state index contributed by atoms with van der Waals surface area (Å²) in [4.78, 5) is 36.1. The average Bonchev–Trinajstić information content (AvgIpc) is 3.37. The van der Waals surface area contributed by atoms with Crippen molar-refractivity contribution in [3.05, 3.63) is 50.7 Å². The third kappa shape index (κ3) is 5.90. The van der Waals surface area contributed by atoms with Gasteiger partial charge in [-0.3, -0.25) is 19.1 Å². The van der Waals surface area contributed by atoms with Gasteiger partial charge in [-0.1, -0.05) is 13.8 Å². The molecule has 0 radical (unpaired) electrons. The highest BCUT2D eigenvalue weighted by molar-refractivity contribution is 5.73. The second-order valence-electron chi connectivity index (χ2n) is 8.50. The highest BCUT2D eigenvalue weighted by atomic mass is 19.4. The zero-order valence-corrected chi connectivity index (χ0v) is 18.2. The van der Waals surface area contributed by atoms with E-state index < -0.39 is 28.9 Å². The van der Waals surface area contributed by atoms with Crippen LogP contribution >= 0.6 is 0 Å². The molecule has 13 heteroatoms. The van der Waals surface area contributed by atoms with E-state index in [1.54, 1.807) is 6.26 Å². The van der Waals surface area contributed by atoms with Crippen molar-refractivity contribution in [2.45, 2.75) is 58.3 Å². The number of carboxylic acid groups (broad SMARTS) is 1. The van der Waals surface area contributed by atoms with Gasteiger partial charge in [0.15, 0.2) is 5.82 Å². The Morgan fingerprint density at radius 2 is 1.97 bits per heavy atom. The van der Waals surface area contributed by atoms with Gasteiger partial charge in [0.25, 0.3) is 0 Å². The molecule has 0 aromatic carbocycles. The number of fused-ring (bicyclic) bond motifs is 1. The van der Waals surface area contributed by atoms with Crippen LogP contribution in [0.15, 0.2) is 32.4 Å². The first-order chi connectivity index (χ1) is 15.4. The summed E-state index contributed by atoms with van der Waals surface area (Å²) in [5, 5.41) is 11.5. The highest BCUT2D eigenvalue weighted by Gasteiger charge is 2.43. The molecule has 4 heterocycles. The number of likely N-dealkylation sites (tertiary alicyclic amines) is 1. The predicted octanol–water partition coefficient (Wildman–Crippen LogP) is 1.46. The molecule has 2 aromatic heterocycles. The first-order valence-electron chi connectivity index (χ1n) is 10.3. The molecule has 1 N–H and O–H groups in total. The van der Waals surface area contributed by atoms with Crippen molar-refractivity contribution in [1.29, 1.82) is 0 Å². The summed E-state index contributed by atoms with van der Waals surface area (Å²) in [6.07, 6.45) is -2.60.